The molecule has 3 atom stereocenters. The summed E-state index contributed by atoms with van der Waals surface area (Å²) in [6, 6.07) is 16.6. The van der Waals surface area contributed by atoms with Gasteiger partial charge in [-0.15, -0.1) is 0 Å². The molecule has 0 spiro atoms. The molecule has 2 unspecified atom stereocenters. The molecule has 2 aromatic rings. The molecule has 3 aliphatic rings. The van der Waals surface area contributed by atoms with Crippen LogP contribution in [0.15, 0.2) is 48.5 Å². The van der Waals surface area contributed by atoms with Gasteiger partial charge in [0.1, 0.15) is 0 Å². The average molecular weight is 474 g/mol. The van der Waals surface area contributed by atoms with Gasteiger partial charge in [0, 0.05) is 44.2 Å². The highest BCUT2D eigenvalue weighted by molar-refractivity contribution is 5.94. The van der Waals surface area contributed by atoms with E-state index in [1.54, 1.807) is 0 Å². The molecule has 3 fully saturated rings. The number of amides is 2. The topological polar surface area (TPSA) is 52.7 Å². The number of likely N-dealkylation sites (tertiary alicyclic amines) is 2. The smallest absolute Gasteiger partial charge is 0.253 e. The number of nitrogens with one attached hydrogen (secondary N) is 1. The molecular formula is C30H39N3O2. The Morgan fingerprint density at radius 1 is 0.914 bits per heavy atom. The molecule has 2 aliphatic heterocycles. The second kappa shape index (κ2) is 10.5. The summed E-state index contributed by atoms with van der Waals surface area (Å²) >= 11 is 0. The first-order chi connectivity index (χ1) is 17.0. The molecule has 0 radical (unpaired) electrons. The van der Waals surface area contributed by atoms with Crippen LogP contribution in [0.4, 0.5) is 0 Å². The van der Waals surface area contributed by atoms with Gasteiger partial charge in [0.15, 0.2) is 0 Å². The number of aryl methyl sites for hydroxylation is 2. The van der Waals surface area contributed by atoms with Crippen LogP contribution in [0.25, 0.3) is 0 Å². The van der Waals surface area contributed by atoms with E-state index in [4.69, 9.17) is 0 Å². The van der Waals surface area contributed by atoms with Gasteiger partial charge in [-0.25, -0.2) is 0 Å². The molecule has 186 valence electrons. The SMILES string of the molecule is Cc1cc(C)cc(C(=O)N2CC3CN(CCC(NC(=O)C4CCCC4)c4ccccc4)C[C@H]3C2)c1. The predicted octanol–water partition coefficient (Wildman–Crippen LogP) is 4.75. The Hall–Kier alpha value is -2.66. The lowest BCUT2D eigenvalue weighted by molar-refractivity contribution is -0.125. The molecule has 2 aromatic carbocycles. The number of fused-ring (bicyclic) bond motifs is 1. The lowest BCUT2D eigenvalue weighted by Crippen LogP contribution is -2.36. The fourth-order valence-electron chi connectivity index (χ4n) is 6.52. The van der Waals surface area contributed by atoms with Gasteiger partial charge in [0.2, 0.25) is 5.91 Å². The van der Waals surface area contributed by atoms with Gasteiger partial charge in [-0.3, -0.25) is 9.59 Å². The van der Waals surface area contributed by atoms with Crippen molar-refractivity contribution in [2.45, 2.75) is 52.0 Å². The Kier molecular flexibility index (Phi) is 7.24. The molecule has 1 aliphatic carbocycles. The molecule has 1 saturated carbocycles. The zero-order valence-corrected chi connectivity index (χ0v) is 21.2. The van der Waals surface area contributed by atoms with Crippen molar-refractivity contribution in [3.8, 4) is 0 Å². The van der Waals surface area contributed by atoms with Gasteiger partial charge >= 0.3 is 0 Å². The standard InChI is InChI=1S/C30H39N3O2/c1-21-14-22(2)16-25(15-21)30(35)33-19-26-17-32(18-27(26)20-33)13-12-28(23-8-4-3-5-9-23)31-29(34)24-10-6-7-11-24/h3-5,8-9,14-16,24,26-28H,6-7,10-13,17-20H2,1-2H3,(H,31,34)/t26-,27?,28?/m0/s1. The third-order valence-electron chi connectivity index (χ3n) is 8.30. The molecule has 35 heavy (non-hydrogen) atoms. The van der Waals surface area contributed by atoms with Crippen LogP contribution >= 0.6 is 0 Å². The summed E-state index contributed by atoms with van der Waals surface area (Å²) in [5.74, 6) is 1.70. The quantitative estimate of drug-likeness (QED) is 0.632. The van der Waals surface area contributed by atoms with Gasteiger partial charge in [-0.05, 0) is 62.6 Å². The van der Waals surface area contributed by atoms with Crippen molar-refractivity contribution in [2.75, 3.05) is 32.7 Å². The van der Waals surface area contributed by atoms with Crippen LogP contribution in [-0.2, 0) is 4.79 Å². The van der Waals surface area contributed by atoms with Gasteiger partial charge in [-0.1, -0.05) is 60.4 Å². The maximum absolute atomic E-state index is 13.1. The summed E-state index contributed by atoms with van der Waals surface area (Å²) < 4.78 is 0. The second-order valence-electron chi connectivity index (χ2n) is 11.1. The van der Waals surface area contributed by atoms with Crippen molar-refractivity contribution in [3.63, 3.8) is 0 Å². The van der Waals surface area contributed by atoms with E-state index in [-0.39, 0.29) is 23.8 Å². The summed E-state index contributed by atoms with van der Waals surface area (Å²) in [5.41, 5.74) is 4.31. The molecule has 2 amide bonds. The lowest BCUT2D eigenvalue weighted by atomic mass is 10.0. The van der Waals surface area contributed by atoms with E-state index in [0.717, 1.165) is 68.7 Å². The highest BCUT2D eigenvalue weighted by Crippen LogP contribution is 2.33. The van der Waals surface area contributed by atoms with Crippen molar-refractivity contribution >= 4 is 11.8 Å². The van der Waals surface area contributed by atoms with Crippen LogP contribution in [0.1, 0.15) is 65.2 Å². The zero-order chi connectivity index (χ0) is 24.4. The fourth-order valence-corrected chi connectivity index (χ4v) is 6.52. The van der Waals surface area contributed by atoms with Crippen LogP contribution in [0.2, 0.25) is 0 Å². The molecule has 0 aromatic heterocycles. The van der Waals surface area contributed by atoms with Crippen LogP contribution in [-0.4, -0.2) is 54.3 Å². The Morgan fingerprint density at radius 2 is 1.54 bits per heavy atom. The normalized spacial score (nSPS) is 23.4. The van der Waals surface area contributed by atoms with Crippen molar-refractivity contribution in [1.82, 2.24) is 15.1 Å². The molecule has 2 saturated heterocycles. The van der Waals surface area contributed by atoms with E-state index in [1.807, 2.05) is 18.2 Å². The fraction of sp³-hybridized carbons (Fsp3) is 0.533. The highest BCUT2D eigenvalue weighted by atomic mass is 16.2. The van der Waals surface area contributed by atoms with E-state index in [2.05, 4.69) is 59.3 Å². The third-order valence-corrected chi connectivity index (χ3v) is 8.30. The van der Waals surface area contributed by atoms with Crippen molar-refractivity contribution in [1.29, 1.82) is 0 Å². The van der Waals surface area contributed by atoms with Gasteiger partial charge in [-0.2, -0.15) is 0 Å². The predicted molar refractivity (Wildman–Crippen MR) is 139 cm³/mol. The Labute approximate surface area is 209 Å². The number of carbonyl (C=O) groups excluding carboxylic acids is 2. The summed E-state index contributed by atoms with van der Waals surface area (Å²) in [5, 5.41) is 3.38. The minimum Gasteiger partial charge on any atom is -0.349 e. The maximum atomic E-state index is 13.1. The van der Waals surface area contributed by atoms with Crippen LogP contribution in [0.3, 0.4) is 0 Å². The summed E-state index contributed by atoms with van der Waals surface area (Å²) in [7, 11) is 0. The zero-order valence-electron chi connectivity index (χ0n) is 21.2. The molecule has 5 rings (SSSR count). The lowest BCUT2D eigenvalue weighted by Gasteiger charge is -2.26. The van der Waals surface area contributed by atoms with Crippen molar-refractivity contribution < 1.29 is 9.59 Å². The molecule has 2 heterocycles. The Balaban J connectivity index is 1.16. The first kappa shape index (κ1) is 24.1. The summed E-state index contributed by atoms with van der Waals surface area (Å²) in [4.78, 5) is 30.6. The number of nitrogens with zero attached hydrogens (tertiary/aromatic N) is 2. The monoisotopic (exact) mass is 473 g/mol. The first-order valence-corrected chi connectivity index (χ1v) is 13.4. The molecule has 1 N–H and O–H groups in total. The second-order valence-corrected chi connectivity index (χ2v) is 11.1. The number of rotatable bonds is 7. The average Bonchev–Trinajstić information content (AvgIpc) is 3.58. The van der Waals surface area contributed by atoms with Crippen LogP contribution < -0.4 is 5.32 Å². The van der Waals surface area contributed by atoms with E-state index in [0.29, 0.717) is 11.8 Å². The highest BCUT2D eigenvalue weighted by Gasteiger charge is 2.41. The maximum Gasteiger partial charge on any atom is 0.253 e. The van der Waals surface area contributed by atoms with Crippen LogP contribution in [0, 0.1) is 31.6 Å². The van der Waals surface area contributed by atoms with Crippen molar-refractivity contribution in [3.05, 3.63) is 70.8 Å². The molecule has 5 nitrogen and oxygen atoms in total. The van der Waals surface area contributed by atoms with Crippen LogP contribution in [0.5, 0.6) is 0 Å². The summed E-state index contributed by atoms with van der Waals surface area (Å²) in [6.07, 6.45) is 5.33. The third kappa shape index (κ3) is 5.61. The number of hydrogen-bond donors (Lipinski definition) is 1. The van der Waals surface area contributed by atoms with E-state index in [1.165, 1.54) is 18.4 Å². The van der Waals surface area contributed by atoms with Gasteiger partial charge in [0.25, 0.3) is 5.91 Å². The van der Waals surface area contributed by atoms with Gasteiger partial charge < -0.3 is 15.1 Å². The van der Waals surface area contributed by atoms with Crippen molar-refractivity contribution in [2.24, 2.45) is 17.8 Å². The Bertz CT molecular complexity index is 1010. The van der Waals surface area contributed by atoms with E-state index >= 15 is 0 Å². The first-order valence-electron chi connectivity index (χ1n) is 13.4. The number of benzene rings is 2. The molecule has 0 bridgehead atoms. The van der Waals surface area contributed by atoms with E-state index < -0.39 is 0 Å². The minimum absolute atomic E-state index is 0.0624. The minimum atomic E-state index is 0.0624. The number of hydrogen-bond acceptors (Lipinski definition) is 3. The largest absolute Gasteiger partial charge is 0.349 e. The molecule has 5 heteroatoms. The summed E-state index contributed by atoms with van der Waals surface area (Å²) in [6.45, 7) is 8.88. The number of carbonyl (C=O) groups is 2. The Morgan fingerprint density at radius 3 is 2.17 bits per heavy atom. The molecular weight excluding hydrogens is 434 g/mol. The van der Waals surface area contributed by atoms with E-state index in [9.17, 15) is 9.59 Å². The van der Waals surface area contributed by atoms with Gasteiger partial charge in [0.05, 0.1) is 6.04 Å².